The third-order valence-electron chi connectivity index (χ3n) is 1.57. The number of aliphatic hydroxyl groups is 1. The number of nitrogens with zero attached hydrogens (tertiary/aromatic N) is 1. The molecule has 2 nitrogen and oxygen atoms in total. The number of rotatable bonds is 2. The normalized spacial score (nSPS) is 12.2. The molecule has 1 heterocycles. The molecular weight excluding hydrogens is 170 g/mol. The lowest BCUT2D eigenvalue weighted by Gasteiger charge is -1.92. The van der Waals surface area contributed by atoms with Crippen LogP contribution in [0.3, 0.4) is 0 Å². The van der Waals surface area contributed by atoms with Gasteiger partial charge in [0.15, 0.2) is 0 Å². The molecule has 1 rings (SSSR count). The Morgan fingerprint density at radius 1 is 1.58 bits per heavy atom. The maximum Gasteiger partial charge on any atom is 0.0903 e. The molecule has 0 radical (unpaired) electrons. The first-order valence-corrected chi connectivity index (χ1v) is 4.67. The minimum absolute atomic E-state index is 0.121. The van der Waals surface area contributed by atoms with Crippen molar-refractivity contribution in [2.24, 2.45) is 0 Å². The fourth-order valence-electron chi connectivity index (χ4n) is 0.950. The Morgan fingerprint density at radius 2 is 2.25 bits per heavy atom. The summed E-state index contributed by atoms with van der Waals surface area (Å²) in [4.78, 5) is 5.44. The highest BCUT2D eigenvalue weighted by Gasteiger charge is 2.01. The summed E-state index contributed by atoms with van der Waals surface area (Å²) in [6.45, 7) is 6.01. The van der Waals surface area contributed by atoms with E-state index in [0.29, 0.717) is 0 Å². The van der Waals surface area contributed by atoms with E-state index in [1.807, 2.05) is 26.8 Å². The second kappa shape index (κ2) is 3.83. The molecule has 12 heavy (non-hydrogen) atoms. The predicted molar refractivity (Wildman–Crippen MR) is 52.3 cm³/mol. The first-order chi connectivity index (χ1) is 5.63. The second-order valence-electron chi connectivity index (χ2n) is 2.83. The van der Waals surface area contributed by atoms with Crippen molar-refractivity contribution in [1.29, 1.82) is 0 Å². The SMILES string of the molecule is CC(=Cc1sc(C)nc1C)CO. The van der Waals surface area contributed by atoms with Gasteiger partial charge in [0.25, 0.3) is 0 Å². The summed E-state index contributed by atoms with van der Waals surface area (Å²) in [6, 6.07) is 0. The standard InChI is InChI=1S/C9H13NOS/c1-6(5-11)4-9-7(2)10-8(3)12-9/h4,11H,5H2,1-3H3. The summed E-state index contributed by atoms with van der Waals surface area (Å²) in [6.07, 6.45) is 1.99. The highest BCUT2D eigenvalue weighted by atomic mass is 32.1. The van der Waals surface area contributed by atoms with E-state index in [1.54, 1.807) is 11.3 Å². The van der Waals surface area contributed by atoms with Crippen LogP contribution in [0.4, 0.5) is 0 Å². The number of hydrogen-bond donors (Lipinski definition) is 1. The lowest BCUT2D eigenvalue weighted by Crippen LogP contribution is -1.83. The molecule has 0 bridgehead atoms. The van der Waals surface area contributed by atoms with Crippen LogP contribution in [0.15, 0.2) is 5.57 Å². The van der Waals surface area contributed by atoms with Crippen molar-refractivity contribution in [3.63, 3.8) is 0 Å². The van der Waals surface area contributed by atoms with Crippen LogP contribution in [0, 0.1) is 13.8 Å². The average Bonchev–Trinajstić information content (AvgIpc) is 2.30. The van der Waals surface area contributed by atoms with Gasteiger partial charge >= 0.3 is 0 Å². The predicted octanol–water partition coefficient (Wildman–Crippen LogP) is 2.16. The Balaban J connectivity index is 2.95. The molecule has 0 fully saturated rings. The molecule has 66 valence electrons. The molecule has 0 atom stereocenters. The number of hydrogen-bond acceptors (Lipinski definition) is 3. The minimum Gasteiger partial charge on any atom is -0.392 e. The van der Waals surface area contributed by atoms with E-state index in [2.05, 4.69) is 4.98 Å². The monoisotopic (exact) mass is 183 g/mol. The van der Waals surface area contributed by atoms with E-state index in [0.717, 1.165) is 21.2 Å². The Bertz CT molecular complexity index is 301. The van der Waals surface area contributed by atoms with Crippen LogP contribution in [0.1, 0.15) is 22.5 Å². The summed E-state index contributed by atoms with van der Waals surface area (Å²) < 4.78 is 0. The maximum absolute atomic E-state index is 8.81. The number of thiazole rings is 1. The topological polar surface area (TPSA) is 33.1 Å². The number of aryl methyl sites for hydroxylation is 2. The Labute approximate surface area is 76.6 Å². The van der Waals surface area contributed by atoms with E-state index < -0.39 is 0 Å². The Hall–Kier alpha value is -0.670. The van der Waals surface area contributed by atoms with Gasteiger partial charge in [-0.1, -0.05) is 0 Å². The average molecular weight is 183 g/mol. The van der Waals surface area contributed by atoms with Crippen molar-refractivity contribution in [2.75, 3.05) is 6.61 Å². The van der Waals surface area contributed by atoms with Gasteiger partial charge in [-0.05, 0) is 32.4 Å². The summed E-state index contributed by atoms with van der Waals surface area (Å²) in [7, 11) is 0. The zero-order valence-electron chi connectivity index (χ0n) is 7.59. The van der Waals surface area contributed by atoms with Gasteiger partial charge in [0.2, 0.25) is 0 Å². The van der Waals surface area contributed by atoms with Gasteiger partial charge in [-0.3, -0.25) is 0 Å². The van der Waals surface area contributed by atoms with E-state index in [9.17, 15) is 0 Å². The van der Waals surface area contributed by atoms with Crippen LogP contribution < -0.4 is 0 Å². The molecule has 0 spiro atoms. The van der Waals surface area contributed by atoms with E-state index in [1.165, 1.54) is 0 Å². The first kappa shape index (κ1) is 9.42. The highest BCUT2D eigenvalue weighted by Crippen LogP contribution is 2.19. The molecule has 0 saturated heterocycles. The quantitative estimate of drug-likeness (QED) is 0.762. The number of aliphatic hydroxyl groups excluding tert-OH is 1. The van der Waals surface area contributed by atoms with E-state index in [4.69, 9.17) is 5.11 Å². The van der Waals surface area contributed by atoms with Crippen LogP contribution in [0.25, 0.3) is 6.08 Å². The highest BCUT2D eigenvalue weighted by molar-refractivity contribution is 7.12. The zero-order valence-corrected chi connectivity index (χ0v) is 8.40. The molecule has 1 aromatic heterocycles. The summed E-state index contributed by atoms with van der Waals surface area (Å²) in [5.74, 6) is 0. The minimum atomic E-state index is 0.121. The van der Waals surface area contributed by atoms with Crippen LogP contribution >= 0.6 is 11.3 Å². The van der Waals surface area contributed by atoms with Crippen LogP contribution in [-0.4, -0.2) is 16.7 Å². The zero-order chi connectivity index (χ0) is 9.14. The molecule has 0 aliphatic heterocycles. The third kappa shape index (κ3) is 2.16. The van der Waals surface area contributed by atoms with Crippen molar-refractivity contribution < 1.29 is 5.11 Å². The molecule has 0 amide bonds. The molecule has 1 aromatic rings. The van der Waals surface area contributed by atoms with Crippen molar-refractivity contribution in [1.82, 2.24) is 4.98 Å². The van der Waals surface area contributed by atoms with Gasteiger partial charge in [0, 0.05) is 0 Å². The molecular formula is C9H13NOS. The fraction of sp³-hybridized carbons (Fsp3) is 0.444. The lowest BCUT2D eigenvalue weighted by atomic mass is 10.2. The Morgan fingerprint density at radius 3 is 2.67 bits per heavy atom. The van der Waals surface area contributed by atoms with Crippen molar-refractivity contribution in [2.45, 2.75) is 20.8 Å². The van der Waals surface area contributed by atoms with Crippen LogP contribution in [-0.2, 0) is 0 Å². The molecule has 0 saturated carbocycles. The van der Waals surface area contributed by atoms with Gasteiger partial charge < -0.3 is 5.11 Å². The van der Waals surface area contributed by atoms with E-state index in [-0.39, 0.29) is 6.61 Å². The fourth-order valence-corrected chi connectivity index (χ4v) is 1.90. The van der Waals surface area contributed by atoms with Gasteiger partial charge in [-0.2, -0.15) is 0 Å². The number of aromatic nitrogens is 1. The Kier molecular flexibility index (Phi) is 3.00. The molecule has 0 unspecified atom stereocenters. The summed E-state index contributed by atoms with van der Waals surface area (Å²) in [5.41, 5.74) is 2.02. The van der Waals surface area contributed by atoms with Crippen LogP contribution in [0.5, 0.6) is 0 Å². The maximum atomic E-state index is 8.81. The van der Waals surface area contributed by atoms with Crippen LogP contribution in [0.2, 0.25) is 0 Å². The van der Waals surface area contributed by atoms with Crippen molar-refractivity contribution >= 4 is 17.4 Å². The largest absolute Gasteiger partial charge is 0.392 e. The molecule has 3 heteroatoms. The lowest BCUT2D eigenvalue weighted by molar-refractivity contribution is 0.332. The van der Waals surface area contributed by atoms with Gasteiger partial charge in [0.05, 0.1) is 22.2 Å². The molecule has 0 aliphatic carbocycles. The molecule has 1 N–H and O–H groups in total. The van der Waals surface area contributed by atoms with Crippen molar-refractivity contribution in [3.05, 3.63) is 21.2 Å². The van der Waals surface area contributed by atoms with E-state index >= 15 is 0 Å². The smallest absolute Gasteiger partial charge is 0.0903 e. The van der Waals surface area contributed by atoms with Gasteiger partial charge in [-0.15, -0.1) is 11.3 Å². The summed E-state index contributed by atoms with van der Waals surface area (Å²) >= 11 is 1.66. The summed E-state index contributed by atoms with van der Waals surface area (Å²) in [5, 5.41) is 9.88. The van der Waals surface area contributed by atoms with Gasteiger partial charge in [0.1, 0.15) is 0 Å². The van der Waals surface area contributed by atoms with Gasteiger partial charge in [-0.25, -0.2) is 4.98 Å². The second-order valence-corrected chi connectivity index (χ2v) is 4.07. The van der Waals surface area contributed by atoms with Crippen molar-refractivity contribution in [3.8, 4) is 0 Å². The molecule has 0 aromatic carbocycles. The third-order valence-corrected chi connectivity index (χ3v) is 2.59. The molecule has 0 aliphatic rings. The first-order valence-electron chi connectivity index (χ1n) is 3.85.